The fraction of sp³-hybridized carbons (Fsp3) is 0.286. The van der Waals surface area contributed by atoms with Crippen LogP contribution in [0.4, 0.5) is 10.2 Å². The molecule has 0 saturated carbocycles. The number of carboxylic acid groups (broad SMARTS) is 1. The van der Waals surface area contributed by atoms with E-state index in [1.54, 1.807) is 36.8 Å². The molecule has 0 aliphatic carbocycles. The Balaban J connectivity index is 1.14. The van der Waals surface area contributed by atoms with E-state index in [0.29, 0.717) is 37.6 Å². The van der Waals surface area contributed by atoms with Crippen LogP contribution in [0.5, 0.6) is 6.01 Å². The molecule has 2 aromatic carbocycles. The number of fused-ring (bicyclic) bond motifs is 1. The normalized spacial score (nSPS) is 16.4. The number of ether oxygens (including phenoxy) is 2. The Morgan fingerprint density at radius 1 is 1.20 bits per heavy atom. The van der Waals surface area contributed by atoms with Crippen LogP contribution < -0.4 is 9.64 Å². The number of aromatic carboxylic acids is 1. The molecule has 0 unspecified atom stereocenters. The molecule has 13 heteroatoms. The second-order valence-corrected chi connectivity index (χ2v) is 9.65. The summed E-state index contributed by atoms with van der Waals surface area (Å²) in [7, 11) is 0. The van der Waals surface area contributed by atoms with Gasteiger partial charge in [-0.25, -0.2) is 19.2 Å². The number of benzene rings is 2. The van der Waals surface area contributed by atoms with Crippen LogP contribution in [0.3, 0.4) is 0 Å². The van der Waals surface area contributed by atoms with Gasteiger partial charge in [0, 0.05) is 24.9 Å². The zero-order valence-electron chi connectivity index (χ0n) is 21.9. The van der Waals surface area contributed by atoms with Crippen LogP contribution in [0.2, 0.25) is 0 Å². The topological polar surface area (TPSA) is 142 Å². The van der Waals surface area contributed by atoms with Gasteiger partial charge < -0.3 is 24.0 Å². The summed E-state index contributed by atoms with van der Waals surface area (Å²) in [4.78, 5) is 26.7. The third-order valence-corrected chi connectivity index (χ3v) is 6.98. The van der Waals surface area contributed by atoms with Crippen molar-refractivity contribution < 1.29 is 23.8 Å². The number of aromatic nitrogens is 4. The van der Waals surface area contributed by atoms with Gasteiger partial charge in [0.25, 0.3) is 0 Å². The number of nitrogens with zero attached hydrogens (tertiary/aromatic N) is 8. The van der Waals surface area contributed by atoms with Gasteiger partial charge in [-0.15, -0.1) is 0 Å². The molecule has 1 N–H and O–H groups in total. The minimum absolute atomic E-state index is 0.0718. The van der Waals surface area contributed by atoms with Crippen LogP contribution in [0.25, 0.3) is 11.0 Å². The Labute approximate surface area is 233 Å². The molecule has 2 aliphatic rings. The van der Waals surface area contributed by atoms with Crippen molar-refractivity contribution >= 4 is 29.2 Å². The van der Waals surface area contributed by atoms with Crippen molar-refractivity contribution in [2.24, 2.45) is 5.10 Å². The lowest BCUT2D eigenvalue weighted by Gasteiger charge is -2.30. The molecule has 1 fully saturated rings. The number of rotatable bonds is 9. The first kappa shape index (κ1) is 26.1. The average Bonchev–Trinajstić information content (AvgIpc) is 3.30. The van der Waals surface area contributed by atoms with E-state index < -0.39 is 11.8 Å². The quantitative estimate of drug-likeness (QED) is 0.327. The van der Waals surface area contributed by atoms with Gasteiger partial charge in [-0.05, 0) is 42.8 Å². The average molecular weight is 557 g/mol. The molecule has 0 spiro atoms. The van der Waals surface area contributed by atoms with E-state index in [9.17, 15) is 14.3 Å². The van der Waals surface area contributed by atoms with Crippen molar-refractivity contribution in [3.05, 3.63) is 77.0 Å². The van der Waals surface area contributed by atoms with E-state index in [1.165, 1.54) is 12.1 Å². The van der Waals surface area contributed by atoms with Crippen LogP contribution >= 0.6 is 0 Å². The first-order valence-electron chi connectivity index (χ1n) is 13.0. The van der Waals surface area contributed by atoms with Gasteiger partial charge in [-0.1, -0.05) is 6.07 Å². The van der Waals surface area contributed by atoms with E-state index in [2.05, 4.69) is 15.1 Å². The highest BCUT2D eigenvalue weighted by atomic mass is 19.1. The Morgan fingerprint density at radius 2 is 2.07 bits per heavy atom. The van der Waals surface area contributed by atoms with E-state index in [4.69, 9.17) is 19.7 Å². The number of anilines is 1. The molecule has 2 aliphatic heterocycles. The molecular weight excluding hydrogens is 531 g/mol. The SMILES string of the molecule is N#Cc1ccc(COc2nccc(N3C=NN(Cc4nc5ccc(C(=O)O)cc5n4C[C@@H]4CCO4)CC3)n2)c(F)c1. The molecule has 4 heterocycles. The highest BCUT2D eigenvalue weighted by Crippen LogP contribution is 2.24. The van der Waals surface area contributed by atoms with Gasteiger partial charge in [0.2, 0.25) is 0 Å². The summed E-state index contributed by atoms with van der Waals surface area (Å²) >= 11 is 0. The lowest BCUT2D eigenvalue weighted by Crippen LogP contribution is -2.38. The fourth-order valence-electron chi connectivity index (χ4n) is 4.63. The van der Waals surface area contributed by atoms with Crippen LogP contribution in [0.1, 0.15) is 33.7 Å². The van der Waals surface area contributed by atoms with E-state index in [1.807, 2.05) is 20.5 Å². The molecule has 0 amide bonds. The maximum atomic E-state index is 14.2. The number of hydrogen-bond acceptors (Lipinski definition) is 10. The Hall–Kier alpha value is -5.09. The zero-order chi connectivity index (χ0) is 28.3. The number of hydrazone groups is 1. The van der Waals surface area contributed by atoms with Gasteiger partial charge in [-0.3, -0.25) is 5.01 Å². The van der Waals surface area contributed by atoms with Crippen LogP contribution in [0.15, 0.2) is 53.8 Å². The van der Waals surface area contributed by atoms with Crippen molar-refractivity contribution in [2.45, 2.75) is 32.2 Å². The Morgan fingerprint density at radius 3 is 2.78 bits per heavy atom. The van der Waals surface area contributed by atoms with E-state index >= 15 is 0 Å². The van der Waals surface area contributed by atoms with E-state index in [0.717, 1.165) is 36.0 Å². The van der Waals surface area contributed by atoms with Crippen molar-refractivity contribution in [1.29, 1.82) is 5.26 Å². The number of imidazole rings is 1. The number of carboxylic acids is 1. The molecule has 1 atom stereocenters. The summed E-state index contributed by atoms with van der Waals surface area (Å²) in [6, 6.07) is 12.9. The van der Waals surface area contributed by atoms with E-state index in [-0.39, 0.29) is 29.8 Å². The maximum absolute atomic E-state index is 14.2. The minimum atomic E-state index is -0.985. The second-order valence-electron chi connectivity index (χ2n) is 9.65. The summed E-state index contributed by atoms with van der Waals surface area (Å²) in [5, 5.41) is 24.8. The summed E-state index contributed by atoms with van der Waals surface area (Å²) in [5.41, 5.74) is 2.22. The van der Waals surface area contributed by atoms with Gasteiger partial charge in [-0.2, -0.15) is 15.3 Å². The van der Waals surface area contributed by atoms with Gasteiger partial charge in [0.15, 0.2) is 0 Å². The number of halogens is 1. The first-order valence-corrected chi connectivity index (χ1v) is 13.0. The number of nitriles is 1. The molecule has 1 saturated heterocycles. The monoisotopic (exact) mass is 556 g/mol. The standard InChI is InChI=1S/C28H25FN8O4/c29-22-11-18(13-30)1-2-20(22)16-41-28-31-7-5-25(34-28)35-8-9-36(32-17-35)15-26-33-23-4-3-19(27(38)39)12-24(23)37(26)14-21-6-10-40-21/h1-5,7,11-12,17,21H,6,8-10,14-16H2,(H,38,39)/t21-/m0/s1. The Bertz CT molecular complexity index is 1680. The lowest BCUT2D eigenvalue weighted by molar-refractivity contribution is -0.0592. The third-order valence-electron chi connectivity index (χ3n) is 6.98. The molecule has 0 radical (unpaired) electrons. The summed E-state index contributed by atoms with van der Waals surface area (Å²) in [6.45, 7) is 2.83. The largest absolute Gasteiger partial charge is 0.478 e. The highest BCUT2D eigenvalue weighted by molar-refractivity contribution is 5.92. The number of carbonyl (C=O) groups is 1. The predicted molar refractivity (Wildman–Crippen MR) is 145 cm³/mol. The van der Waals surface area contributed by atoms with Gasteiger partial charge >= 0.3 is 12.0 Å². The summed E-state index contributed by atoms with van der Waals surface area (Å²) in [6.07, 6.45) is 4.24. The smallest absolute Gasteiger partial charge is 0.335 e. The molecule has 2 aromatic heterocycles. The molecule has 4 aromatic rings. The Kier molecular flexibility index (Phi) is 7.13. The van der Waals surface area contributed by atoms with Crippen LogP contribution in [0, 0.1) is 17.1 Å². The predicted octanol–water partition coefficient (Wildman–Crippen LogP) is 3.17. The lowest BCUT2D eigenvalue weighted by atomic mass is 10.1. The fourth-order valence-corrected chi connectivity index (χ4v) is 4.63. The molecule has 41 heavy (non-hydrogen) atoms. The maximum Gasteiger partial charge on any atom is 0.335 e. The summed E-state index contributed by atoms with van der Waals surface area (Å²) < 4.78 is 27.5. The second kappa shape index (κ2) is 11.2. The third kappa shape index (κ3) is 5.64. The van der Waals surface area contributed by atoms with Crippen molar-refractivity contribution in [1.82, 2.24) is 24.5 Å². The first-order chi connectivity index (χ1) is 20.0. The van der Waals surface area contributed by atoms with Crippen molar-refractivity contribution in [3.63, 3.8) is 0 Å². The molecule has 208 valence electrons. The molecular formula is C28H25FN8O4. The summed E-state index contributed by atoms with van der Waals surface area (Å²) in [5.74, 6) is -0.160. The molecule has 12 nitrogen and oxygen atoms in total. The highest BCUT2D eigenvalue weighted by Gasteiger charge is 2.24. The zero-order valence-corrected chi connectivity index (χ0v) is 21.9. The minimum Gasteiger partial charge on any atom is -0.478 e. The van der Waals surface area contributed by atoms with Crippen LogP contribution in [-0.2, 0) is 24.4 Å². The molecule has 0 bridgehead atoms. The van der Waals surface area contributed by atoms with Crippen LogP contribution in [-0.4, -0.2) is 67.7 Å². The number of hydrogen-bond donors (Lipinski definition) is 1. The van der Waals surface area contributed by atoms with Gasteiger partial charge in [0.05, 0.1) is 54.0 Å². The van der Waals surface area contributed by atoms with Crippen molar-refractivity contribution in [2.75, 3.05) is 24.6 Å². The van der Waals surface area contributed by atoms with Gasteiger partial charge in [0.1, 0.15) is 30.4 Å². The van der Waals surface area contributed by atoms with Crippen molar-refractivity contribution in [3.8, 4) is 12.1 Å². The molecule has 6 rings (SSSR count).